The van der Waals surface area contributed by atoms with Gasteiger partial charge in [-0.25, -0.2) is 0 Å². The molecular weight excluding hydrogens is 268 g/mol. The molecule has 1 aromatic heterocycles. The first kappa shape index (κ1) is 13.3. The number of aromatic hydroxyl groups is 1. The van der Waals surface area contributed by atoms with Crippen LogP contribution in [0.3, 0.4) is 0 Å². The summed E-state index contributed by atoms with van der Waals surface area (Å²) in [5, 5.41) is 14.1. The SMILES string of the molecule is CN=CN(C)S(=O)(=O)c1c2c(O)cccc2nn1C. The molecule has 1 aromatic carbocycles. The van der Waals surface area contributed by atoms with Crippen LogP contribution >= 0.6 is 0 Å². The Hall–Kier alpha value is -2.09. The summed E-state index contributed by atoms with van der Waals surface area (Å²) in [4.78, 5) is 3.67. The molecule has 0 radical (unpaired) electrons. The third-order valence-corrected chi connectivity index (χ3v) is 4.50. The quantitative estimate of drug-likeness (QED) is 0.658. The van der Waals surface area contributed by atoms with E-state index in [0.717, 1.165) is 4.31 Å². The van der Waals surface area contributed by atoms with Crippen molar-refractivity contribution < 1.29 is 13.5 Å². The molecule has 0 saturated heterocycles. The van der Waals surface area contributed by atoms with E-state index in [1.165, 1.54) is 38.2 Å². The molecule has 0 spiro atoms. The highest BCUT2D eigenvalue weighted by molar-refractivity contribution is 7.89. The summed E-state index contributed by atoms with van der Waals surface area (Å²) in [6, 6.07) is 4.68. The molecule has 2 rings (SSSR count). The van der Waals surface area contributed by atoms with Gasteiger partial charge in [0.2, 0.25) is 0 Å². The first-order valence-corrected chi connectivity index (χ1v) is 6.88. The van der Waals surface area contributed by atoms with Crippen molar-refractivity contribution in [1.29, 1.82) is 0 Å². The number of fused-ring (bicyclic) bond motifs is 1. The fourth-order valence-corrected chi connectivity index (χ4v) is 3.19. The van der Waals surface area contributed by atoms with Gasteiger partial charge >= 0.3 is 0 Å². The molecule has 0 fully saturated rings. The van der Waals surface area contributed by atoms with Crippen LogP contribution < -0.4 is 0 Å². The van der Waals surface area contributed by atoms with Gasteiger partial charge in [0.25, 0.3) is 10.0 Å². The predicted molar refractivity (Wildman–Crippen MR) is 71.7 cm³/mol. The predicted octanol–water partition coefficient (Wildman–Crippen LogP) is 0.558. The van der Waals surface area contributed by atoms with E-state index in [4.69, 9.17) is 0 Å². The molecular formula is C11H14N4O3S. The monoisotopic (exact) mass is 282 g/mol. The first-order valence-electron chi connectivity index (χ1n) is 5.44. The number of aromatic nitrogens is 2. The third kappa shape index (κ3) is 2.03. The van der Waals surface area contributed by atoms with Crippen molar-refractivity contribution in [3.05, 3.63) is 18.2 Å². The van der Waals surface area contributed by atoms with Crippen molar-refractivity contribution in [1.82, 2.24) is 14.1 Å². The van der Waals surface area contributed by atoms with Gasteiger partial charge in [-0.2, -0.15) is 13.5 Å². The average Bonchev–Trinajstić information content (AvgIpc) is 2.67. The van der Waals surface area contributed by atoms with Crippen LogP contribution in [0.2, 0.25) is 0 Å². The van der Waals surface area contributed by atoms with Gasteiger partial charge in [0.15, 0.2) is 5.03 Å². The van der Waals surface area contributed by atoms with E-state index < -0.39 is 10.0 Å². The Bertz CT molecular complexity index is 749. The minimum absolute atomic E-state index is 0.0667. The summed E-state index contributed by atoms with van der Waals surface area (Å²) in [7, 11) is 0.557. The Morgan fingerprint density at radius 3 is 2.79 bits per heavy atom. The molecule has 19 heavy (non-hydrogen) atoms. The molecule has 1 heterocycles. The standard InChI is InChI=1S/C11H14N4O3S/c1-12-7-14(2)19(17,18)11-10-8(13-15(11)3)5-4-6-9(10)16/h4-7,16H,1-3H3. The van der Waals surface area contributed by atoms with Gasteiger partial charge in [0, 0.05) is 21.1 Å². The molecule has 0 aliphatic heterocycles. The van der Waals surface area contributed by atoms with Gasteiger partial charge in [0.1, 0.15) is 5.75 Å². The normalized spacial score (nSPS) is 12.4. The van der Waals surface area contributed by atoms with Crippen molar-refractivity contribution in [2.75, 3.05) is 14.1 Å². The number of nitrogens with zero attached hydrogens (tertiary/aromatic N) is 4. The van der Waals surface area contributed by atoms with Crippen molar-refractivity contribution in [2.24, 2.45) is 12.0 Å². The molecule has 0 unspecified atom stereocenters. The third-order valence-electron chi connectivity index (χ3n) is 2.69. The minimum atomic E-state index is -3.81. The Morgan fingerprint density at radius 2 is 2.16 bits per heavy atom. The topological polar surface area (TPSA) is 87.8 Å². The van der Waals surface area contributed by atoms with Crippen LogP contribution in [0.4, 0.5) is 0 Å². The fraction of sp³-hybridized carbons (Fsp3) is 0.273. The fourth-order valence-electron chi connectivity index (χ4n) is 1.86. The molecule has 1 N–H and O–H groups in total. The lowest BCUT2D eigenvalue weighted by molar-refractivity contribution is 0.479. The van der Waals surface area contributed by atoms with E-state index in [9.17, 15) is 13.5 Å². The highest BCUT2D eigenvalue weighted by Crippen LogP contribution is 2.31. The zero-order valence-electron chi connectivity index (χ0n) is 10.8. The van der Waals surface area contributed by atoms with Gasteiger partial charge in [-0.15, -0.1) is 0 Å². The molecule has 0 aliphatic rings. The van der Waals surface area contributed by atoms with Crippen LogP contribution in [-0.2, 0) is 17.1 Å². The van der Waals surface area contributed by atoms with Crippen molar-refractivity contribution in [2.45, 2.75) is 5.03 Å². The second-order valence-corrected chi connectivity index (χ2v) is 5.91. The highest BCUT2D eigenvalue weighted by atomic mass is 32.2. The second-order valence-electron chi connectivity index (χ2n) is 3.99. The minimum Gasteiger partial charge on any atom is -0.507 e. The highest BCUT2D eigenvalue weighted by Gasteiger charge is 2.27. The van der Waals surface area contributed by atoms with Crippen LogP contribution in [-0.4, -0.2) is 48.0 Å². The molecule has 7 nitrogen and oxygen atoms in total. The number of rotatable bonds is 3. The van der Waals surface area contributed by atoms with Gasteiger partial charge in [-0.3, -0.25) is 14.0 Å². The maximum absolute atomic E-state index is 12.4. The van der Waals surface area contributed by atoms with Crippen LogP contribution in [0.15, 0.2) is 28.2 Å². The molecule has 0 aliphatic carbocycles. The van der Waals surface area contributed by atoms with Gasteiger partial charge in [-0.1, -0.05) is 6.07 Å². The summed E-state index contributed by atoms with van der Waals surface area (Å²) in [5.74, 6) is -0.119. The number of aliphatic imine (C=N–C) groups is 1. The lowest BCUT2D eigenvalue weighted by Gasteiger charge is -2.14. The molecule has 0 atom stereocenters. The van der Waals surface area contributed by atoms with Crippen molar-refractivity contribution >= 4 is 27.3 Å². The van der Waals surface area contributed by atoms with Crippen molar-refractivity contribution in [3.8, 4) is 5.75 Å². The summed E-state index contributed by atoms with van der Waals surface area (Å²) in [6.07, 6.45) is 1.19. The smallest absolute Gasteiger partial charge is 0.282 e. The Kier molecular flexibility index (Phi) is 3.19. The second kappa shape index (κ2) is 4.54. The number of phenols is 1. The van der Waals surface area contributed by atoms with Gasteiger partial charge < -0.3 is 5.11 Å². The zero-order valence-corrected chi connectivity index (χ0v) is 11.6. The number of sulfonamides is 1. The summed E-state index contributed by atoms with van der Waals surface area (Å²) >= 11 is 0. The molecule has 0 amide bonds. The van der Waals surface area contributed by atoms with E-state index in [-0.39, 0.29) is 16.2 Å². The average molecular weight is 282 g/mol. The van der Waals surface area contributed by atoms with E-state index in [2.05, 4.69) is 10.1 Å². The van der Waals surface area contributed by atoms with Crippen LogP contribution in [0.5, 0.6) is 5.75 Å². The van der Waals surface area contributed by atoms with E-state index in [1.54, 1.807) is 12.1 Å². The maximum Gasteiger partial charge on any atom is 0.282 e. The molecule has 0 bridgehead atoms. The summed E-state index contributed by atoms with van der Waals surface area (Å²) in [5.41, 5.74) is 0.419. The Balaban J connectivity index is 2.79. The van der Waals surface area contributed by atoms with Crippen LogP contribution in [0.1, 0.15) is 0 Å². The Labute approximate surface area is 110 Å². The molecule has 0 saturated carbocycles. The van der Waals surface area contributed by atoms with Gasteiger partial charge in [-0.05, 0) is 12.1 Å². The maximum atomic E-state index is 12.4. The molecule has 8 heteroatoms. The van der Waals surface area contributed by atoms with E-state index in [0.29, 0.717) is 5.52 Å². The number of hydrogen-bond acceptors (Lipinski definition) is 5. The molecule has 2 aromatic rings. The molecule has 102 valence electrons. The number of aryl methyl sites for hydroxylation is 1. The largest absolute Gasteiger partial charge is 0.507 e. The van der Waals surface area contributed by atoms with Crippen molar-refractivity contribution in [3.63, 3.8) is 0 Å². The van der Waals surface area contributed by atoms with E-state index in [1.807, 2.05) is 0 Å². The van der Waals surface area contributed by atoms with Crippen LogP contribution in [0.25, 0.3) is 10.9 Å². The van der Waals surface area contributed by atoms with Crippen LogP contribution in [0, 0.1) is 0 Å². The number of benzene rings is 1. The lowest BCUT2D eigenvalue weighted by Crippen LogP contribution is -2.27. The Morgan fingerprint density at radius 1 is 1.47 bits per heavy atom. The van der Waals surface area contributed by atoms with E-state index >= 15 is 0 Å². The summed E-state index contributed by atoms with van der Waals surface area (Å²) < 4.78 is 27.1. The zero-order chi connectivity index (χ0) is 14.2. The summed E-state index contributed by atoms with van der Waals surface area (Å²) in [6.45, 7) is 0. The van der Waals surface area contributed by atoms with Gasteiger partial charge in [0.05, 0.1) is 17.2 Å². The lowest BCUT2D eigenvalue weighted by atomic mass is 10.2. The number of phenolic OH excluding ortho intramolecular Hbond substituents is 1. The number of hydrogen-bond donors (Lipinski definition) is 1. The first-order chi connectivity index (χ1) is 8.89.